The molecule has 5 N–H and O–H groups in total. The van der Waals surface area contributed by atoms with Gasteiger partial charge in [0.25, 0.3) is 5.91 Å². The van der Waals surface area contributed by atoms with E-state index in [4.69, 9.17) is 16.0 Å². The third-order valence-electron chi connectivity index (χ3n) is 3.79. The number of hydrogen-bond acceptors (Lipinski definition) is 7. The Hall–Kier alpha value is -3.77. The highest BCUT2D eigenvalue weighted by Crippen LogP contribution is 2.25. The van der Waals surface area contributed by atoms with Crippen LogP contribution in [0.15, 0.2) is 34.9 Å². The molecule has 0 radical (unpaired) electrons. The number of nitrogen functional groups attached to an aromatic ring is 1. The number of primary amides is 1. The standard InChI is InChI=1S/C19H16FN5O3/c1-10-23-18(25-28-10)19(2,27)7-6-11-4-3-5-12(8-11)15-13(20)9-14(21)16(24-15)17(22)26/h3-5,8-9,27H,21H2,1-2H3,(H2,22,26). The van der Waals surface area contributed by atoms with Crippen molar-refractivity contribution in [3.8, 4) is 23.1 Å². The van der Waals surface area contributed by atoms with E-state index in [1.165, 1.54) is 6.92 Å². The van der Waals surface area contributed by atoms with Gasteiger partial charge in [-0.1, -0.05) is 29.1 Å². The van der Waals surface area contributed by atoms with E-state index in [1.807, 2.05) is 0 Å². The summed E-state index contributed by atoms with van der Waals surface area (Å²) < 4.78 is 19.2. The van der Waals surface area contributed by atoms with Gasteiger partial charge in [-0.3, -0.25) is 4.79 Å². The van der Waals surface area contributed by atoms with E-state index in [2.05, 4.69) is 27.0 Å². The average Bonchev–Trinajstić information content (AvgIpc) is 3.07. The molecule has 28 heavy (non-hydrogen) atoms. The quantitative estimate of drug-likeness (QED) is 0.584. The summed E-state index contributed by atoms with van der Waals surface area (Å²) in [5, 5.41) is 14.1. The summed E-state index contributed by atoms with van der Waals surface area (Å²) >= 11 is 0. The van der Waals surface area contributed by atoms with Crippen molar-refractivity contribution in [1.82, 2.24) is 15.1 Å². The number of carbonyl (C=O) groups is 1. The summed E-state index contributed by atoms with van der Waals surface area (Å²) in [4.78, 5) is 19.3. The largest absolute Gasteiger partial charge is 0.397 e. The van der Waals surface area contributed by atoms with E-state index in [9.17, 15) is 14.3 Å². The van der Waals surface area contributed by atoms with Crippen LogP contribution in [0.3, 0.4) is 0 Å². The summed E-state index contributed by atoms with van der Waals surface area (Å²) in [7, 11) is 0. The van der Waals surface area contributed by atoms with Crippen LogP contribution >= 0.6 is 0 Å². The summed E-state index contributed by atoms with van der Waals surface area (Å²) in [5.41, 5.74) is 9.54. The van der Waals surface area contributed by atoms with Crippen LogP contribution in [0.25, 0.3) is 11.3 Å². The Labute approximate surface area is 159 Å². The Morgan fingerprint density at radius 1 is 1.32 bits per heavy atom. The molecule has 2 heterocycles. The van der Waals surface area contributed by atoms with Crippen LogP contribution in [-0.2, 0) is 5.60 Å². The minimum absolute atomic E-state index is 0.0333. The predicted octanol–water partition coefficient (Wildman–Crippen LogP) is 1.52. The normalized spacial score (nSPS) is 12.7. The van der Waals surface area contributed by atoms with E-state index < -0.39 is 17.3 Å². The zero-order valence-corrected chi connectivity index (χ0v) is 15.0. The van der Waals surface area contributed by atoms with Gasteiger partial charge in [0, 0.05) is 24.1 Å². The fourth-order valence-corrected chi connectivity index (χ4v) is 2.39. The van der Waals surface area contributed by atoms with Gasteiger partial charge in [0.15, 0.2) is 17.1 Å². The number of benzene rings is 1. The first-order valence-corrected chi connectivity index (χ1v) is 8.10. The molecule has 142 valence electrons. The predicted molar refractivity (Wildman–Crippen MR) is 98.0 cm³/mol. The maximum absolute atomic E-state index is 14.3. The van der Waals surface area contributed by atoms with Crippen molar-refractivity contribution >= 4 is 11.6 Å². The number of halogens is 1. The van der Waals surface area contributed by atoms with Gasteiger partial charge in [0.1, 0.15) is 5.69 Å². The molecule has 8 nitrogen and oxygen atoms in total. The molecule has 9 heteroatoms. The van der Waals surface area contributed by atoms with E-state index >= 15 is 0 Å². The van der Waals surface area contributed by atoms with Crippen LogP contribution < -0.4 is 11.5 Å². The second-order valence-electron chi connectivity index (χ2n) is 6.16. The molecule has 1 atom stereocenters. The fourth-order valence-electron chi connectivity index (χ4n) is 2.39. The number of aromatic nitrogens is 3. The highest BCUT2D eigenvalue weighted by molar-refractivity contribution is 5.96. The molecule has 0 fully saturated rings. The van der Waals surface area contributed by atoms with E-state index in [-0.39, 0.29) is 22.9 Å². The number of aliphatic hydroxyl groups is 1. The van der Waals surface area contributed by atoms with Crippen LogP contribution in [0.1, 0.15) is 34.7 Å². The second kappa shape index (κ2) is 7.09. The van der Waals surface area contributed by atoms with Crippen LogP contribution in [0.2, 0.25) is 0 Å². The second-order valence-corrected chi connectivity index (χ2v) is 6.16. The smallest absolute Gasteiger partial charge is 0.269 e. The van der Waals surface area contributed by atoms with Crippen molar-refractivity contribution in [2.45, 2.75) is 19.4 Å². The lowest BCUT2D eigenvalue weighted by molar-refractivity contribution is 0.0996. The van der Waals surface area contributed by atoms with Gasteiger partial charge < -0.3 is 21.1 Å². The fraction of sp³-hybridized carbons (Fsp3) is 0.158. The van der Waals surface area contributed by atoms with Gasteiger partial charge in [-0.05, 0) is 19.1 Å². The molecule has 2 aromatic heterocycles. The van der Waals surface area contributed by atoms with E-state index in [1.54, 1.807) is 31.2 Å². The number of anilines is 1. The minimum atomic E-state index is -1.64. The molecule has 3 aromatic rings. The maximum Gasteiger partial charge on any atom is 0.269 e. The summed E-state index contributed by atoms with van der Waals surface area (Å²) in [6, 6.07) is 7.44. The summed E-state index contributed by atoms with van der Waals surface area (Å²) in [6.45, 7) is 3.02. The van der Waals surface area contributed by atoms with Crippen LogP contribution in [-0.4, -0.2) is 26.1 Å². The Balaban J connectivity index is 1.99. The number of aryl methyl sites for hydroxylation is 1. The van der Waals surface area contributed by atoms with Gasteiger partial charge in [-0.2, -0.15) is 4.98 Å². The van der Waals surface area contributed by atoms with Gasteiger partial charge in [0.2, 0.25) is 11.7 Å². The number of rotatable bonds is 3. The van der Waals surface area contributed by atoms with Gasteiger partial charge in [-0.25, -0.2) is 9.37 Å². The third-order valence-corrected chi connectivity index (χ3v) is 3.79. The van der Waals surface area contributed by atoms with Crippen molar-refractivity contribution in [1.29, 1.82) is 0 Å². The van der Waals surface area contributed by atoms with Crippen molar-refractivity contribution in [2.75, 3.05) is 5.73 Å². The first kappa shape index (κ1) is 19.0. The van der Waals surface area contributed by atoms with Crippen LogP contribution in [0.4, 0.5) is 10.1 Å². The number of hydrogen-bond donors (Lipinski definition) is 3. The first-order chi connectivity index (χ1) is 13.2. The molecular weight excluding hydrogens is 365 g/mol. The Kier molecular flexibility index (Phi) is 4.81. The number of nitrogens with zero attached hydrogens (tertiary/aromatic N) is 3. The molecule has 0 aliphatic carbocycles. The zero-order valence-electron chi connectivity index (χ0n) is 15.0. The Bertz CT molecular complexity index is 1130. The minimum Gasteiger partial charge on any atom is -0.397 e. The lowest BCUT2D eigenvalue weighted by atomic mass is 10.0. The zero-order chi connectivity index (χ0) is 20.5. The summed E-state index contributed by atoms with van der Waals surface area (Å²) in [6.07, 6.45) is 0. The molecule has 0 bridgehead atoms. The van der Waals surface area contributed by atoms with Gasteiger partial charge in [-0.15, -0.1) is 0 Å². The number of amides is 1. The molecule has 0 saturated heterocycles. The molecule has 0 saturated carbocycles. The molecule has 1 aromatic carbocycles. The van der Waals surface area contributed by atoms with E-state index in [0.29, 0.717) is 17.0 Å². The highest BCUT2D eigenvalue weighted by atomic mass is 19.1. The van der Waals surface area contributed by atoms with Crippen LogP contribution in [0, 0.1) is 24.6 Å². The third kappa shape index (κ3) is 3.82. The van der Waals surface area contributed by atoms with Crippen molar-refractivity contribution in [3.63, 3.8) is 0 Å². The SMILES string of the molecule is Cc1nc(C(C)(O)C#Cc2cccc(-c3nc(C(N)=O)c(N)cc3F)c2)no1. The maximum atomic E-state index is 14.3. The number of carbonyl (C=O) groups excluding carboxylic acids is 1. The molecule has 0 aliphatic heterocycles. The average molecular weight is 381 g/mol. The highest BCUT2D eigenvalue weighted by Gasteiger charge is 2.26. The first-order valence-electron chi connectivity index (χ1n) is 8.10. The molecule has 1 amide bonds. The van der Waals surface area contributed by atoms with E-state index in [0.717, 1.165) is 6.07 Å². The molecule has 0 spiro atoms. The number of nitrogens with two attached hydrogens (primary N) is 2. The van der Waals surface area contributed by atoms with Crippen molar-refractivity contribution in [2.24, 2.45) is 5.73 Å². The van der Waals surface area contributed by atoms with Gasteiger partial charge >= 0.3 is 0 Å². The number of pyridine rings is 1. The Morgan fingerprint density at radius 2 is 2.07 bits per heavy atom. The lowest BCUT2D eigenvalue weighted by Gasteiger charge is -2.10. The van der Waals surface area contributed by atoms with Crippen molar-refractivity contribution < 1.29 is 18.8 Å². The monoisotopic (exact) mass is 381 g/mol. The molecular formula is C19H16FN5O3. The Morgan fingerprint density at radius 3 is 2.71 bits per heavy atom. The lowest BCUT2D eigenvalue weighted by Crippen LogP contribution is -2.20. The topological polar surface area (TPSA) is 141 Å². The van der Waals surface area contributed by atoms with Crippen LogP contribution in [0.5, 0.6) is 0 Å². The molecule has 0 aliphatic rings. The molecule has 1 unspecified atom stereocenters. The summed E-state index contributed by atoms with van der Waals surface area (Å²) in [5.74, 6) is 4.20. The molecule has 3 rings (SSSR count). The van der Waals surface area contributed by atoms with Crippen molar-refractivity contribution in [3.05, 3.63) is 59.1 Å². The van der Waals surface area contributed by atoms with Gasteiger partial charge in [0.05, 0.1) is 5.69 Å².